The Kier molecular flexibility index (Phi) is 3.32. The van der Waals surface area contributed by atoms with Gasteiger partial charge >= 0.3 is 0 Å². The molecule has 0 unspecified atom stereocenters. The molecule has 2 aromatic rings. The van der Waals surface area contributed by atoms with Crippen LogP contribution in [0.15, 0.2) is 53.4 Å². The lowest BCUT2D eigenvalue weighted by atomic mass is 9.73. The van der Waals surface area contributed by atoms with E-state index < -0.39 is 15.6 Å². The van der Waals surface area contributed by atoms with E-state index in [1.165, 1.54) is 6.07 Å². The summed E-state index contributed by atoms with van der Waals surface area (Å²) in [6.45, 7) is 0.125. The molecule has 2 aromatic carbocycles. The highest BCUT2D eigenvalue weighted by Crippen LogP contribution is 2.43. The molecule has 0 bridgehead atoms. The molecular weight excluding hydrogens is 314 g/mol. The first-order valence-corrected chi connectivity index (χ1v) is 9.07. The van der Waals surface area contributed by atoms with Gasteiger partial charge in [-0.2, -0.15) is 0 Å². The summed E-state index contributed by atoms with van der Waals surface area (Å²) in [6, 6.07) is 14.4. The van der Waals surface area contributed by atoms with Crippen LogP contribution >= 0.6 is 0 Å². The minimum absolute atomic E-state index is 0.125. The first kappa shape index (κ1) is 14.5. The van der Waals surface area contributed by atoms with E-state index in [0.29, 0.717) is 11.5 Å². The van der Waals surface area contributed by atoms with Crippen molar-refractivity contribution in [1.29, 1.82) is 0 Å². The van der Waals surface area contributed by atoms with Gasteiger partial charge in [0.2, 0.25) is 16.8 Å². The molecule has 5 nitrogen and oxygen atoms in total. The lowest BCUT2D eigenvalue weighted by Crippen LogP contribution is -2.50. The third kappa shape index (κ3) is 2.48. The molecule has 2 aliphatic rings. The van der Waals surface area contributed by atoms with Crippen molar-refractivity contribution < 1.29 is 17.9 Å². The van der Waals surface area contributed by atoms with Gasteiger partial charge in [-0.15, -0.1) is 0 Å². The van der Waals surface area contributed by atoms with E-state index in [4.69, 9.17) is 9.47 Å². The van der Waals surface area contributed by atoms with E-state index in [0.717, 1.165) is 24.8 Å². The van der Waals surface area contributed by atoms with Gasteiger partial charge in [-0.3, -0.25) is 0 Å². The Morgan fingerprint density at radius 2 is 1.70 bits per heavy atom. The lowest BCUT2D eigenvalue weighted by Gasteiger charge is -2.42. The zero-order valence-electron chi connectivity index (χ0n) is 12.5. The number of rotatable bonds is 4. The van der Waals surface area contributed by atoms with Gasteiger partial charge in [-0.05, 0) is 37.0 Å². The van der Waals surface area contributed by atoms with E-state index >= 15 is 0 Å². The van der Waals surface area contributed by atoms with Gasteiger partial charge in [0.1, 0.15) is 0 Å². The monoisotopic (exact) mass is 331 g/mol. The SMILES string of the molecule is O=S(=O)(NC1(c2ccccc2)CCC1)c1ccc2c(c1)OCO2. The second-order valence-corrected chi connectivity index (χ2v) is 7.60. The summed E-state index contributed by atoms with van der Waals surface area (Å²) in [4.78, 5) is 0.198. The number of fused-ring (bicyclic) bond motifs is 1. The highest BCUT2D eigenvalue weighted by molar-refractivity contribution is 7.89. The third-order valence-corrected chi connectivity index (χ3v) is 6.05. The maximum absolute atomic E-state index is 12.8. The summed E-state index contributed by atoms with van der Waals surface area (Å²) in [5, 5.41) is 0. The molecule has 1 fully saturated rings. The Morgan fingerprint density at radius 3 is 2.39 bits per heavy atom. The highest BCUT2D eigenvalue weighted by atomic mass is 32.2. The van der Waals surface area contributed by atoms with E-state index in [2.05, 4.69) is 4.72 Å². The molecule has 0 spiro atoms. The normalized spacial score (nSPS) is 18.4. The molecule has 6 heteroatoms. The second-order valence-electron chi connectivity index (χ2n) is 5.92. The van der Waals surface area contributed by atoms with Crippen LogP contribution < -0.4 is 14.2 Å². The van der Waals surface area contributed by atoms with Gasteiger partial charge in [-0.1, -0.05) is 30.3 Å². The van der Waals surface area contributed by atoms with Gasteiger partial charge in [0.05, 0.1) is 10.4 Å². The summed E-state index contributed by atoms with van der Waals surface area (Å²) in [7, 11) is -3.63. The maximum atomic E-state index is 12.8. The second kappa shape index (κ2) is 5.25. The molecule has 0 radical (unpaired) electrons. The molecule has 0 amide bonds. The molecule has 1 aliphatic heterocycles. The molecule has 1 saturated carbocycles. The van der Waals surface area contributed by atoms with Crippen molar-refractivity contribution in [2.75, 3.05) is 6.79 Å². The predicted octanol–water partition coefficient (Wildman–Crippen LogP) is 2.77. The van der Waals surface area contributed by atoms with Gasteiger partial charge in [0.15, 0.2) is 11.5 Å². The molecule has 0 saturated heterocycles. The van der Waals surface area contributed by atoms with Crippen molar-refractivity contribution in [3.8, 4) is 11.5 Å². The van der Waals surface area contributed by atoms with Crippen molar-refractivity contribution in [2.45, 2.75) is 29.7 Å². The molecule has 23 heavy (non-hydrogen) atoms. The van der Waals surface area contributed by atoms with E-state index in [9.17, 15) is 8.42 Å². The minimum atomic E-state index is -3.63. The summed E-state index contributed by atoms with van der Waals surface area (Å²) >= 11 is 0. The first-order chi connectivity index (χ1) is 11.1. The number of nitrogens with one attached hydrogen (secondary N) is 1. The smallest absolute Gasteiger partial charge is 0.241 e. The van der Waals surface area contributed by atoms with Crippen LogP contribution in [0.25, 0.3) is 0 Å². The highest BCUT2D eigenvalue weighted by Gasteiger charge is 2.42. The van der Waals surface area contributed by atoms with Crippen molar-refractivity contribution in [3.05, 3.63) is 54.1 Å². The average molecular weight is 331 g/mol. The van der Waals surface area contributed by atoms with Crippen LogP contribution in [-0.4, -0.2) is 15.2 Å². The largest absolute Gasteiger partial charge is 0.454 e. The van der Waals surface area contributed by atoms with Gasteiger partial charge in [-0.25, -0.2) is 13.1 Å². The van der Waals surface area contributed by atoms with Gasteiger partial charge in [0.25, 0.3) is 0 Å². The Labute approximate surface area is 135 Å². The van der Waals surface area contributed by atoms with Crippen molar-refractivity contribution in [2.24, 2.45) is 0 Å². The van der Waals surface area contributed by atoms with Crippen LogP contribution in [0.4, 0.5) is 0 Å². The Balaban J connectivity index is 1.67. The summed E-state index contributed by atoms with van der Waals surface area (Å²) in [6.07, 6.45) is 2.63. The van der Waals surface area contributed by atoms with Gasteiger partial charge in [0, 0.05) is 6.07 Å². The van der Waals surface area contributed by atoms with Crippen molar-refractivity contribution in [1.82, 2.24) is 4.72 Å². The molecule has 120 valence electrons. The summed E-state index contributed by atoms with van der Waals surface area (Å²) < 4.78 is 39.0. The van der Waals surface area contributed by atoms with Crippen molar-refractivity contribution >= 4 is 10.0 Å². The number of sulfonamides is 1. The maximum Gasteiger partial charge on any atom is 0.241 e. The third-order valence-electron chi connectivity index (χ3n) is 4.52. The van der Waals surface area contributed by atoms with E-state index in [1.54, 1.807) is 12.1 Å². The van der Waals surface area contributed by atoms with E-state index in [1.807, 2.05) is 30.3 Å². The number of benzene rings is 2. The fourth-order valence-electron chi connectivity index (χ4n) is 3.10. The van der Waals surface area contributed by atoms with Crippen LogP contribution in [0.3, 0.4) is 0 Å². The molecule has 1 N–H and O–H groups in total. The molecule has 0 atom stereocenters. The summed E-state index contributed by atoms with van der Waals surface area (Å²) in [5.74, 6) is 1.04. The van der Waals surface area contributed by atoms with Crippen molar-refractivity contribution in [3.63, 3.8) is 0 Å². The molecule has 1 heterocycles. The van der Waals surface area contributed by atoms with Crippen LogP contribution in [0, 0.1) is 0 Å². The predicted molar refractivity (Wildman–Crippen MR) is 84.9 cm³/mol. The Morgan fingerprint density at radius 1 is 0.957 bits per heavy atom. The topological polar surface area (TPSA) is 64.6 Å². The molecule has 4 rings (SSSR count). The standard InChI is InChI=1S/C17H17NO4S/c19-23(20,14-7-8-15-16(11-14)22-12-21-15)18-17(9-4-10-17)13-5-2-1-3-6-13/h1-3,5-8,11,18H,4,9-10,12H2. The minimum Gasteiger partial charge on any atom is -0.454 e. The number of ether oxygens (including phenoxy) is 2. The number of hydrogen-bond donors (Lipinski definition) is 1. The van der Waals surface area contributed by atoms with Gasteiger partial charge < -0.3 is 9.47 Å². The van der Waals surface area contributed by atoms with Crippen LogP contribution in [-0.2, 0) is 15.6 Å². The Hall–Kier alpha value is -2.05. The van der Waals surface area contributed by atoms with Crippen LogP contribution in [0.2, 0.25) is 0 Å². The summed E-state index contributed by atoms with van der Waals surface area (Å²) in [5.41, 5.74) is 0.506. The molecule has 1 aliphatic carbocycles. The fraction of sp³-hybridized carbons (Fsp3) is 0.294. The first-order valence-electron chi connectivity index (χ1n) is 7.58. The van der Waals surface area contributed by atoms with Crippen LogP contribution in [0.1, 0.15) is 24.8 Å². The lowest BCUT2D eigenvalue weighted by molar-refractivity contribution is 0.174. The quantitative estimate of drug-likeness (QED) is 0.936. The molecule has 0 aromatic heterocycles. The van der Waals surface area contributed by atoms with Crippen LogP contribution in [0.5, 0.6) is 11.5 Å². The Bertz CT molecular complexity index is 829. The average Bonchev–Trinajstić information content (AvgIpc) is 2.99. The fourth-order valence-corrected chi connectivity index (χ4v) is 4.56. The zero-order chi connectivity index (χ0) is 15.9. The number of hydrogen-bond acceptors (Lipinski definition) is 4. The van der Waals surface area contributed by atoms with E-state index in [-0.39, 0.29) is 11.7 Å². The zero-order valence-corrected chi connectivity index (χ0v) is 13.3. The molecular formula is C17H17NO4S.